The molecule has 178 valence electrons. The first-order chi connectivity index (χ1) is 16.5. The molecule has 2 bridgehead atoms. The third-order valence-corrected chi connectivity index (χ3v) is 8.13. The van der Waals surface area contributed by atoms with Crippen LogP contribution in [0.25, 0.3) is 10.6 Å². The third-order valence-electron chi connectivity index (χ3n) is 6.99. The number of aryl methyl sites for hydroxylation is 1. The van der Waals surface area contributed by atoms with E-state index in [1.54, 1.807) is 23.5 Å². The number of esters is 1. The Morgan fingerprint density at radius 2 is 2.18 bits per heavy atom. The van der Waals surface area contributed by atoms with E-state index in [-0.39, 0.29) is 5.97 Å². The Morgan fingerprint density at radius 1 is 1.29 bits per heavy atom. The quantitative estimate of drug-likeness (QED) is 0.394. The SMILES string of the molecule is COC(=O)c1cccc(NC(=S)NCC2CC3CCN2CC3c2cc(-c3cccs3)nn2C)c1. The number of nitrogens with zero attached hydrogens (tertiary/aromatic N) is 3. The van der Waals surface area contributed by atoms with Crippen LogP contribution in [0.3, 0.4) is 0 Å². The van der Waals surface area contributed by atoms with Gasteiger partial charge >= 0.3 is 5.97 Å². The molecule has 0 radical (unpaired) electrons. The summed E-state index contributed by atoms with van der Waals surface area (Å²) in [6.45, 7) is 2.99. The lowest BCUT2D eigenvalue weighted by atomic mass is 9.74. The van der Waals surface area contributed by atoms with Gasteiger partial charge in [0.05, 0.1) is 17.6 Å². The fraction of sp³-hybridized carbons (Fsp3) is 0.400. The maximum atomic E-state index is 11.8. The zero-order chi connectivity index (χ0) is 23.7. The minimum absolute atomic E-state index is 0.362. The molecule has 2 aromatic heterocycles. The van der Waals surface area contributed by atoms with E-state index in [1.807, 2.05) is 12.1 Å². The van der Waals surface area contributed by atoms with Gasteiger partial charge < -0.3 is 15.4 Å². The molecule has 0 amide bonds. The molecular formula is C25H29N5O2S2. The van der Waals surface area contributed by atoms with Crippen LogP contribution in [0.1, 0.15) is 34.8 Å². The average Bonchev–Trinajstić information content (AvgIpc) is 3.52. The number of aromatic nitrogens is 2. The van der Waals surface area contributed by atoms with Crippen LogP contribution in [0.2, 0.25) is 0 Å². The van der Waals surface area contributed by atoms with E-state index in [2.05, 4.69) is 50.8 Å². The van der Waals surface area contributed by atoms with Crippen LogP contribution >= 0.6 is 23.6 Å². The van der Waals surface area contributed by atoms with E-state index in [0.717, 1.165) is 37.4 Å². The molecule has 34 heavy (non-hydrogen) atoms. The maximum Gasteiger partial charge on any atom is 0.337 e. The Morgan fingerprint density at radius 3 is 2.91 bits per heavy atom. The van der Waals surface area contributed by atoms with Gasteiger partial charge in [-0.1, -0.05) is 12.1 Å². The lowest BCUT2D eigenvalue weighted by Gasteiger charge is -2.50. The van der Waals surface area contributed by atoms with Gasteiger partial charge in [0, 0.05) is 43.5 Å². The van der Waals surface area contributed by atoms with Gasteiger partial charge in [0.2, 0.25) is 0 Å². The van der Waals surface area contributed by atoms with Crippen LogP contribution in [0, 0.1) is 5.92 Å². The molecule has 0 aliphatic carbocycles. The Labute approximate surface area is 209 Å². The first-order valence-corrected chi connectivity index (χ1v) is 12.9. The zero-order valence-corrected chi connectivity index (χ0v) is 21.0. The number of carbonyl (C=O) groups is 1. The number of anilines is 1. The summed E-state index contributed by atoms with van der Waals surface area (Å²) in [6, 6.07) is 14.1. The Bertz CT molecular complexity index is 1180. The molecule has 0 saturated carbocycles. The lowest BCUT2D eigenvalue weighted by Crippen LogP contribution is -2.56. The standard InChI is InChI=1S/C25H29N5O2S2/c1-29-22(13-21(28-29)23-7-4-10-34-23)20-15-30-9-8-16(20)12-19(30)14-26-25(33)27-18-6-3-5-17(11-18)24(31)32-2/h3-7,10-11,13,16,19-20H,8-9,12,14-15H2,1-2H3,(H2,26,27,33). The van der Waals surface area contributed by atoms with Crippen molar-refractivity contribution < 1.29 is 9.53 Å². The number of hydrogen-bond donors (Lipinski definition) is 2. The summed E-state index contributed by atoms with van der Waals surface area (Å²) in [6.07, 6.45) is 2.38. The molecule has 3 fully saturated rings. The molecule has 5 heterocycles. The topological polar surface area (TPSA) is 71.4 Å². The van der Waals surface area contributed by atoms with Crippen molar-refractivity contribution in [2.24, 2.45) is 13.0 Å². The molecule has 2 N–H and O–H groups in total. The van der Waals surface area contributed by atoms with Gasteiger partial charge in [-0.3, -0.25) is 9.58 Å². The van der Waals surface area contributed by atoms with Crippen LogP contribution in [0.4, 0.5) is 5.69 Å². The average molecular weight is 496 g/mol. The van der Waals surface area contributed by atoms with Crippen molar-refractivity contribution in [3.05, 3.63) is 59.1 Å². The van der Waals surface area contributed by atoms with E-state index in [4.69, 9.17) is 22.1 Å². The van der Waals surface area contributed by atoms with Gasteiger partial charge in [0.1, 0.15) is 5.69 Å². The van der Waals surface area contributed by atoms with Crippen LogP contribution < -0.4 is 10.6 Å². The minimum atomic E-state index is -0.362. The summed E-state index contributed by atoms with van der Waals surface area (Å²) in [5.41, 5.74) is 3.68. The van der Waals surface area contributed by atoms with E-state index in [0.29, 0.717) is 28.6 Å². The number of carbonyl (C=O) groups excluding carboxylic acids is 1. The van der Waals surface area contributed by atoms with Crippen molar-refractivity contribution in [3.63, 3.8) is 0 Å². The smallest absolute Gasteiger partial charge is 0.337 e. The fourth-order valence-electron chi connectivity index (χ4n) is 5.29. The number of thiocarbonyl (C=S) groups is 1. The number of piperidine rings is 3. The van der Waals surface area contributed by atoms with Crippen molar-refractivity contribution in [1.82, 2.24) is 20.0 Å². The van der Waals surface area contributed by atoms with Gasteiger partial charge in [-0.2, -0.15) is 5.10 Å². The largest absolute Gasteiger partial charge is 0.465 e. The van der Waals surface area contributed by atoms with E-state index in [1.165, 1.54) is 24.1 Å². The summed E-state index contributed by atoms with van der Waals surface area (Å²) in [5, 5.41) is 14.0. The summed E-state index contributed by atoms with van der Waals surface area (Å²) in [4.78, 5) is 15.6. The first kappa shape index (κ1) is 23.0. The molecule has 3 aliphatic heterocycles. The summed E-state index contributed by atoms with van der Waals surface area (Å²) in [5.74, 6) is 0.808. The van der Waals surface area contributed by atoms with Crippen molar-refractivity contribution in [1.29, 1.82) is 0 Å². The molecular weight excluding hydrogens is 466 g/mol. The number of rotatable bonds is 6. The normalized spacial score (nSPS) is 23.5. The number of benzene rings is 1. The van der Waals surface area contributed by atoms with Crippen LogP contribution in [-0.4, -0.2) is 58.5 Å². The molecule has 6 rings (SSSR count). The molecule has 3 aliphatic rings. The Balaban J connectivity index is 1.18. The van der Waals surface area contributed by atoms with E-state index >= 15 is 0 Å². The number of methoxy groups -OCH3 is 1. The van der Waals surface area contributed by atoms with Gasteiger partial charge in [-0.15, -0.1) is 11.3 Å². The highest BCUT2D eigenvalue weighted by atomic mass is 32.1. The molecule has 4 atom stereocenters. The van der Waals surface area contributed by atoms with Crippen LogP contribution in [-0.2, 0) is 11.8 Å². The molecule has 4 unspecified atom stereocenters. The fourth-order valence-corrected chi connectivity index (χ4v) is 6.17. The number of fused-ring (bicyclic) bond motifs is 3. The summed E-state index contributed by atoms with van der Waals surface area (Å²) < 4.78 is 6.87. The van der Waals surface area contributed by atoms with E-state index < -0.39 is 0 Å². The minimum Gasteiger partial charge on any atom is -0.465 e. The van der Waals surface area contributed by atoms with Gasteiger partial charge in [0.25, 0.3) is 0 Å². The Hall–Kier alpha value is -2.75. The number of ether oxygens (including phenoxy) is 1. The van der Waals surface area contributed by atoms with Gasteiger partial charge in [0.15, 0.2) is 5.11 Å². The van der Waals surface area contributed by atoms with Gasteiger partial charge in [-0.05, 0) is 73.2 Å². The molecule has 3 aromatic rings. The second kappa shape index (κ2) is 9.85. The van der Waals surface area contributed by atoms with E-state index in [9.17, 15) is 4.79 Å². The Kier molecular flexibility index (Phi) is 6.67. The predicted molar refractivity (Wildman–Crippen MR) is 139 cm³/mol. The highest BCUT2D eigenvalue weighted by molar-refractivity contribution is 7.80. The number of hydrogen-bond acceptors (Lipinski definition) is 6. The van der Waals surface area contributed by atoms with Gasteiger partial charge in [-0.25, -0.2) is 4.79 Å². The van der Waals surface area contributed by atoms with Crippen LogP contribution in [0.15, 0.2) is 47.8 Å². The highest BCUT2D eigenvalue weighted by Crippen LogP contribution is 2.42. The number of thiophene rings is 1. The summed E-state index contributed by atoms with van der Waals surface area (Å²) >= 11 is 7.26. The van der Waals surface area contributed by atoms with Crippen molar-refractivity contribution in [2.45, 2.75) is 24.8 Å². The van der Waals surface area contributed by atoms with Crippen molar-refractivity contribution in [2.75, 3.05) is 32.1 Å². The predicted octanol–water partition coefficient (Wildman–Crippen LogP) is 4.10. The molecule has 0 spiro atoms. The molecule has 7 nitrogen and oxygen atoms in total. The van der Waals surface area contributed by atoms with Crippen molar-refractivity contribution in [3.8, 4) is 10.6 Å². The third kappa shape index (κ3) is 4.73. The maximum absolute atomic E-state index is 11.8. The number of nitrogens with one attached hydrogen (secondary N) is 2. The molecule has 3 saturated heterocycles. The van der Waals surface area contributed by atoms with Crippen molar-refractivity contribution >= 4 is 40.3 Å². The second-order valence-electron chi connectivity index (χ2n) is 9.00. The summed E-state index contributed by atoms with van der Waals surface area (Å²) in [7, 11) is 3.45. The molecule has 9 heteroatoms. The first-order valence-electron chi connectivity index (χ1n) is 11.6. The highest BCUT2D eigenvalue weighted by Gasteiger charge is 2.41. The second-order valence-corrected chi connectivity index (χ2v) is 10.4. The lowest BCUT2D eigenvalue weighted by molar-refractivity contribution is 0.0303. The zero-order valence-electron chi connectivity index (χ0n) is 19.4. The molecule has 1 aromatic carbocycles. The monoisotopic (exact) mass is 495 g/mol. The van der Waals surface area contributed by atoms with Crippen LogP contribution in [0.5, 0.6) is 0 Å².